The van der Waals surface area contributed by atoms with Crippen LogP contribution in [0.1, 0.15) is 46.0 Å². The van der Waals surface area contributed by atoms with Gasteiger partial charge in [-0.05, 0) is 55.8 Å². The van der Waals surface area contributed by atoms with Gasteiger partial charge in [-0.15, -0.1) is 0 Å². The van der Waals surface area contributed by atoms with Crippen LogP contribution in [0.3, 0.4) is 0 Å². The van der Waals surface area contributed by atoms with Crippen molar-refractivity contribution in [3.05, 3.63) is 0 Å². The average molecular weight is 216 g/mol. The SMILES string of the molecule is CC1CC(F)CC(C2C(C)CCC2F)C1. The van der Waals surface area contributed by atoms with Crippen molar-refractivity contribution in [2.45, 2.75) is 58.3 Å². The Bertz CT molecular complexity index is 197. The third-order valence-corrected chi connectivity index (χ3v) is 4.44. The molecule has 0 aromatic heterocycles. The normalized spacial score (nSPS) is 52.0. The monoisotopic (exact) mass is 216 g/mol. The lowest BCUT2D eigenvalue weighted by Gasteiger charge is -2.36. The van der Waals surface area contributed by atoms with Crippen molar-refractivity contribution in [2.75, 3.05) is 0 Å². The van der Waals surface area contributed by atoms with E-state index in [1.165, 1.54) is 0 Å². The van der Waals surface area contributed by atoms with Gasteiger partial charge in [0.05, 0.1) is 0 Å². The first kappa shape index (κ1) is 11.3. The molecule has 0 bridgehead atoms. The second-order valence-corrected chi connectivity index (χ2v) is 5.82. The zero-order chi connectivity index (χ0) is 11.0. The molecular formula is C13H22F2. The molecule has 2 fully saturated rings. The molecular weight excluding hydrogens is 194 g/mol. The number of hydrogen-bond acceptors (Lipinski definition) is 0. The first-order chi connectivity index (χ1) is 7.08. The fraction of sp³-hybridized carbons (Fsp3) is 1.00. The predicted octanol–water partition coefficient (Wildman–Crippen LogP) is 4.14. The Labute approximate surface area is 91.4 Å². The summed E-state index contributed by atoms with van der Waals surface area (Å²) in [5.41, 5.74) is 0. The van der Waals surface area contributed by atoms with Crippen molar-refractivity contribution in [1.82, 2.24) is 0 Å². The summed E-state index contributed by atoms with van der Waals surface area (Å²) in [4.78, 5) is 0. The highest BCUT2D eigenvalue weighted by molar-refractivity contribution is 4.91. The van der Waals surface area contributed by atoms with Crippen LogP contribution in [-0.4, -0.2) is 12.3 Å². The molecule has 0 aromatic rings. The zero-order valence-corrected chi connectivity index (χ0v) is 9.76. The molecule has 88 valence electrons. The number of alkyl halides is 2. The Balaban J connectivity index is 2.02. The van der Waals surface area contributed by atoms with E-state index in [4.69, 9.17) is 0 Å². The highest BCUT2D eigenvalue weighted by Crippen LogP contribution is 2.45. The van der Waals surface area contributed by atoms with Gasteiger partial charge in [0.2, 0.25) is 0 Å². The predicted molar refractivity (Wildman–Crippen MR) is 58.2 cm³/mol. The summed E-state index contributed by atoms with van der Waals surface area (Å²) >= 11 is 0. The fourth-order valence-corrected chi connectivity index (χ4v) is 3.81. The van der Waals surface area contributed by atoms with Crippen LogP contribution in [0.4, 0.5) is 8.78 Å². The van der Waals surface area contributed by atoms with Crippen LogP contribution in [0, 0.1) is 23.7 Å². The van der Waals surface area contributed by atoms with Gasteiger partial charge in [-0.1, -0.05) is 13.8 Å². The summed E-state index contributed by atoms with van der Waals surface area (Å²) in [5, 5.41) is 0. The molecule has 2 aliphatic carbocycles. The summed E-state index contributed by atoms with van der Waals surface area (Å²) in [6, 6.07) is 0. The molecule has 6 unspecified atom stereocenters. The Morgan fingerprint density at radius 2 is 1.67 bits per heavy atom. The second-order valence-electron chi connectivity index (χ2n) is 5.82. The molecule has 0 spiro atoms. The molecule has 0 aliphatic heterocycles. The lowest BCUT2D eigenvalue weighted by molar-refractivity contribution is 0.0721. The van der Waals surface area contributed by atoms with Gasteiger partial charge in [-0.3, -0.25) is 0 Å². The van der Waals surface area contributed by atoms with Gasteiger partial charge >= 0.3 is 0 Å². The first-order valence-electron chi connectivity index (χ1n) is 6.36. The van der Waals surface area contributed by atoms with Crippen LogP contribution < -0.4 is 0 Å². The molecule has 0 nitrogen and oxygen atoms in total. The van der Waals surface area contributed by atoms with Crippen molar-refractivity contribution in [1.29, 1.82) is 0 Å². The minimum absolute atomic E-state index is 0.144. The fourth-order valence-electron chi connectivity index (χ4n) is 3.81. The van der Waals surface area contributed by atoms with Gasteiger partial charge in [0, 0.05) is 0 Å². The van der Waals surface area contributed by atoms with Crippen LogP contribution in [0.5, 0.6) is 0 Å². The number of hydrogen-bond donors (Lipinski definition) is 0. The molecule has 0 amide bonds. The van der Waals surface area contributed by atoms with Gasteiger partial charge in [0.15, 0.2) is 0 Å². The maximum atomic E-state index is 13.8. The molecule has 0 radical (unpaired) electrons. The lowest BCUT2D eigenvalue weighted by Crippen LogP contribution is -2.32. The van der Waals surface area contributed by atoms with E-state index in [9.17, 15) is 8.78 Å². The second kappa shape index (κ2) is 4.39. The van der Waals surface area contributed by atoms with Crippen LogP contribution in [0.15, 0.2) is 0 Å². The smallest absolute Gasteiger partial charge is 0.103 e. The van der Waals surface area contributed by atoms with Gasteiger partial charge < -0.3 is 0 Å². The van der Waals surface area contributed by atoms with Crippen LogP contribution >= 0.6 is 0 Å². The quantitative estimate of drug-likeness (QED) is 0.618. The molecule has 2 aliphatic rings. The van der Waals surface area contributed by atoms with E-state index in [-0.39, 0.29) is 5.92 Å². The minimum Gasteiger partial charge on any atom is -0.247 e. The maximum absolute atomic E-state index is 13.8. The van der Waals surface area contributed by atoms with Crippen LogP contribution in [0.2, 0.25) is 0 Å². The highest BCUT2D eigenvalue weighted by Gasteiger charge is 2.42. The summed E-state index contributed by atoms with van der Waals surface area (Å²) in [6.45, 7) is 4.24. The number of rotatable bonds is 1. The third kappa shape index (κ3) is 2.34. The van der Waals surface area contributed by atoms with Crippen molar-refractivity contribution in [3.63, 3.8) is 0 Å². The first-order valence-corrected chi connectivity index (χ1v) is 6.36. The minimum atomic E-state index is -0.682. The van der Waals surface area contributed by atoms with E-state index in [1.807, 2.05) is 0 Å². The van der Waals surface area contributed by atoms with E-state index in [1.54, 1.807) is 0 Å². The molecule has 0 saturated heterocycles. The molecule has 6 atom stereocenters. The van der Waals surface area contributed by atoms with Gasteiger partial charge in [-0.2, -0.15) is 0 Å². The van der Waals surface area contributed by atoms with Crippen LogP contribution in [-0.2, 0) is 0 Å². The van der Waals surface area contributed by atoms with E-state index in [0.717, 1.165) is 12.8 Å². The van der Waals surface area contributed by atoms with Crippen molar-refractivity contribution in [2.24, 2.45) is 23.7 Å². The van der Waals surface area contributed by atoms with E-state index in [2.05, 4.69) is 13.8 Å². The van der Waals surface area contributed by atoms with Crippen LogP contribution in [0.25, 0.3) is 0 Å². The van der Waals surface area contributed by atoms with Crippen molar-refractivity contribution < 1.29 is 8.78 Å². The summed E-state index contributed by atoms with van der Waals surface area (Å²) in [5.74, 6) is 1.35. The van der Waals surface area contributed by atoms with Gasteiger partial charge in [-0.25, -0.2) is 8.78 Å². The zero-order valence-electron chi connectivity index (χ0n) is 9.76. The molecule has 0 aromatic carbocycles. The molecule has 15 heavy (non-hydrogen) atoms. The van der Waals surface area contributed by atoms with E-state index >= 15 is 0 Å². The van der Waals surface area contributed by atoms with Gasteiger partial charge in [0.25, 0.3) is 0 Å². The summed E-state index contributed by atoms with van der Waals surface area (Å²) < 4.78 is 27.2. The Hall–Kier alpha value is -0.140. The molecule has 2 saturated carbocycles. The third-order valence-electron chi connectivity index (χ3n) is 4.44. The molecule has 0 N–H and O–H groups in total. The average Bonchev–Trinajstić information content (AvgIpc) is 2.44. The maximum Gasteiger partial charge on any atom is 0.103 e. The molecule has 2 heteroatoms. The van der Waals surface area contributed by atoms with E-state index < -0.39 is 12.3 Å². The highest BCUT2D eigenvalue weighted by atomic mass is 19.1. The molecule has 2 rings (SSSR count). The van der Waals surface area contributed by atoms with Crippen molar-refractivity contribution in [3.8, 4) is 0 Å². The Kier molecular flexibility index (Phi) is 3.32. The lowest BCUT2D eigenvalue weighted by atomic mass is 9.71. The topological polar surface area (TPSA) is 0 Å². The summed E-state index contributed by atoms with van der Waals surface area (Å²) in [6.07, 6.45) is 2.69. The number of halogens is 2. The Morgan fingerprint density at radius 1 is 0.933 bits per heavy atom. The van der Waals surface area contributed by atoms with Crippen molar-refractivity contribution >= 4 is 0 Å². The summed E-state index contributed by atoms with van der Waals surface area (Å²) in [7, 11) is 0. The molecule has 0 heterocycles. The standard InChI is InChI=1S/C13H22F2/c1-8-5-10(7-11(14)6-8)13-9(2)3-4-12(13)15/h8-13H,3-7H2,1-2H3. The van der Waals surface area contributed by atoms with Gasteiger partial charge in [0.1, 0.15) is 12.3 Å². The Morgan fingerprint density at radius 3 is 2.20 bits per heavy atom. The largest absolute Gasteiger partial charge is 0.247 e. The van der Waals surface area contributed by atoms with E-state index in [0.29, 0.717) is 37.0 Å².